The minimum atomic E-state index is 0.569. The van der Waals surface area contributed by atoms with Gasteiger partial charge in [-0.3, -0.25) is 4.90 Å². The maximum Gasteiger partial charge on any atom is 0.0236 e. The minimum absolute atomic E-state index is 0.569. The van der Waals surface area contributed by atoms with Gasteiger partial charge < -0.3 is 10.6 Å². The van der Waals surface area contributed by atoms with E-state index in [0.29, 0.717) is 12.6 Å². The molecule has 0 aliphatic rings. The summed E-state index contributed by atoms with van der Waals surface area (Å²) >= 11 is 0. The second-order valence-electron chi connectivity index (χ2n) is 5.19. The van der Waals surface area contributed by atoms with Gasteiger partial charge >= 0.3 is 0 Å². The average Bonchev–Trinajstić information content (AvgIpc) is 2.35. The van der Waals surface area contributed by atoms with E-state index >= 15 is 0 Å². The molecule has 3 nitrogen and oxygen atoms in total. The van der Waals surface area contributed by atoms with Crippen LogP contribution in [0.5, 0.6) is 0 Å². The van der Waals surface area contributed by atoms with Crippen molar-refractivity contribution in [1.82, 2.24) is 9.80 Å². The van der Waals surface area contributed by atoms with Gasteiger partial charge in [-0.15, -0.1) is 0 Å². The van der Waals surface area contributed by atoms with Crippen molar-refractivity contribution in [3.8, 4) is 0 Å². The lowest BCUT2D eigenvalue weighted by Crippen LogP contribution is -2.39. The molecule has 0 saturated heterocycles. The standard InChI is InChI=1S/C15H27N3/c1-5-18(13(2)11-17(3)4)12-15-8-6-14(10-16)7-9-15/h6-9,13H,5,10-12,16H2,1-4H3. The van der Waals surface area contributed by atoms with Crippen LogP contribution in [-0.2, 0) is 13.1 Å². The lowest BCUT2D eigenvalue weighted by Gasteiger charge is -2.30. The van der Waals surface area contributed by atoms with Gasteiger partial charge in [0.2, 0.25) is 0 Å². The molecule has 2 N–H and O–H groups in total. The van der Waals surface area contributed by atoms with E-state index in [4.69, 9.17) is 5.73 Å². The first-order valence-electron chi connectivity index (χ1n) is 6.73. The van der Waals surface area contributed by atoms with Crippen LogP contribution in [-0.4, -0.2) is 43.0 Å². The van der Waals surface area contributed by atoms with Crippen LogP contribution < -0.4 is 5.73 Å². The summed E-state index contributed by atoms with van der Waals surface area (Å²) in [5.41, 5.74) is 8.17. The van der Waals surface area contributed by atoms with E-state index < -0.39 is 0 Å². The summed E-state index contributed by atoms with van der Waals surface area (Å²) < 4.78 is 0. The van der Waals surface area contributed by atoms with Crippen LogP contribution in [0.4, 0.5) is 0 Å². The molecule has 1 aromatic rings. The normalized spacial score (nSPS) is 13.3. The molecule has 1 unspecified atom stereocenters. The van der Waals surface area contributed by atoms with Crippen molar-refractivity contribution < 1.29 is 0 Å². The maximum atomic E-state index is 5.61. The number of benzene rings is 1. The third-order valence-corrected chi connectivity index (χ3v) is 3.30. The van der Waals surface area contributed by atoms with E-state index in [1.165, 1.54) is 11.1 Å². The Bertz CT molecular complexity index is 332. The summed E-state index contributed by atoms with van der Waals surface area (Å²) in [7, 11) is 4.25. The second-order valence-corrected chi connectivity index (χ2v) is 5.19. The monoisotopic (exact) mass is 249 g/mol. The van der Waals surface area contributed by atoms with Crippen LogP contribution >= 0.6 is 0 Å². The highest BCUT2D eigenvalue weighted by Gasteiger charge is 2.13. The Kier molecular flexibility index (Phi) is 6.33. The second kappa shape index (κ2) is 7.52. The Balaban J connectivity index is 2.61. The van der Waals surface area contributed by atoms with Crippen molar-refractivity contribution in [3.63, 3.8) is 0 Å². The highest BCUT2D eigenvalue weighted by molar-refractivity contribution is 5.22. The van der Waals surface area contributed by atoms with Crippen LogP contribution in [0.2, 0.25) is 0 Å². The number of likely N-dealkylation sites (N-methyl/N-ethyl adjacent to an activating group) is 2. The van der Waals surface area contributed by atoms with Gasteiger partial charge in [-0.25, -0.2) is 0 Å². The van der Waals surface area contributed by atoms with Gasteiger partial charge in [0.1, 0.15) is 0 Å². The zero-order chi connectivity index (χ0) is 13.5. The van der Waals surface area contributed by atoms with Gasteiger partial charge in [-0.2, -0.15) is 0 Å². The molecule has 0 aliphatic heterocycles. The van der Waals surface area contributed by atoms with Crippen molar-refractivity contribution in [2.75, 3.05) is 27.2 Å². The molecule has 3 heteroatoms. The van der Waals surface area contributed by atoms with Crippen LogP contribution in [0.25, 0.3) is 0 Å². The van der Waals surface area contributed by atoms with Crippen molar-refractivity contribution in [2.45, 2.75) is 33.0 Å². The molecular formula is C15H27N3. The zero-order valence-electron chi connectivity index (χ0n) is 12.2. The predicted octanol–water partition coefficient (Wildman–Crippen LogP) is 1.92. The van der Waals surface area contributed by atoms with Crippen LogP contribution in [0, 0.1) is 0 Å². The van der Waals surface area contributed by atoms with E-state index in [2.05, 4.69) is 62.0 Å². The first-order valence-corrected chi connectivity index (χ1v) is 6.73. The third-order valence-electron chi connectivity index (χ3n) is 3.30. The molecule has 1 rings (SSSR count). The van der Waals surface area contributed by atoms with Crippen LogP contribution in [0.3, 0.4) is 0 Å². The fraction of sp³-hybridized carbons (Fsp3) is 0.600. The number of nitrogens with two attached hydrogens (primary N) is 1. The number of rotatable bonds is 7. The van der Waals surface area contributed by atoms with E-state index in [0.717, 1.165) is 19.6 Å². The highest BCUT2D eigenvalue weighted by atomic mass is 15.2. The average molecular weight is 249 g/mol. The Labute approximate surface area is 112 Å². The molecule has 1 atom stereocenters. The topological polar surface area (TPSA) is 32.5 Å². The number of hydrogen-bond donors (Lipinski definition) is 1. The molecule has 0 aliphatic carbocycles. The van der Waals surface area contributed by atoms with E-state index in [1.54, 1.807) is 0 Å². The molecule has 0 heterocycles. The molecule has 0 fully saturated rings. The summed E-state index contributed by atoms with van der Waals surface area (Å²) in [6.07, 6.45) is 0. The molecule has 1 aromatic carbocycles. The lowest BCUT2D eigenvalue weighted by molar-refractivity contribution is 0.174. The molecule has 0 bridgehead atoms. The zero-order valence-corrected chi connectivity index (χ0v) is 12.2. The third kappa shape index (κ3) is 4.77. The highest BCUT2D eigenvalue weighted by Crippen LogP contribution is 2.10. The summed E-state index contributed by atoms with van der Waals surface area (Å²) in [6, 6.07) is 9.19. The molecule has 0 spiro atoms. The van der Waals surface area contributed by atoms with Crippen molar-refractivity contribution >= 4 is 0 Å². The molecule has 102 valence electrons. The number of nitrogens with zero attached hydrogens (tertiary/aromatic N) is 2. The first-order chi connectivity index (χ1) is 8.56. The molecule has 0 amide bonds. The summed E-state index contributed by atoms with van der Waals surface area (Å²) in [4.78, 5) is 4.74. The summed E-state index contributed by atoms with van der Waals surface area (Å²) in [5.74, 6) is 0. The van der Waals surface area contributed by atoms with Gasteiger partial charge in [0, 0.05) is 25.7 Å². The van der Waals surface area contributed by atoms with Crippen LogP contribution in [0.15, 0.2) is 24.3 Å². The molecule has 18 heavy (non-hydrogen) atoms. The first kappa shape index (κ1) is 15.2. The van der Waals surface area contributed by atoms with Gasteiger partial charge in [0.15, 0.2) is 0 Å². The van der Waals surface area contributed by atoms with Crippen molar-refractivity contribution in [2.24, 2.45) is 5.73 Å². The van der Waals surface area contributed by atoms with E-state index in [-0.39, 0.29) is 0 Å². The summed E-state index contributed by atoms with van der Waals surface area (Å²) in [5, 5.41) is 0. The van der Waals surface area contributed by atoms with Crippen molar-refractivity contribution in [3.05, 3.63) is 35.4 Å². The molecule has 0 aromatic heterocycles. The Morgan fingerprint density at radius 3 is 2.11 bits per heavy atom. The van der Waals surface area contributed by atoms with Gasteiger partial charge in [-0.1, -0.05) is 31.2 Å². The fourth-order valence-electron chi connectivity index (χ4n) is 2.24. The Morgan fingerprint density at radius 2 is 1.67 bits per heavy atom. The SMILES string of the molecule is CCN(Cc1ccc(CN)cc1)C(C)CN(C)C. The van der Waals surface area contributed by atoms with Gasteiger partial charge in [0.05, 0.1) is 0 Å². The molecule has 0 radical (unpaired) electrons. The minimum Gasteiger partial charge on any atom is -0.326 e. The summed E-state index contributed by atoms with van der Waals surface area (Å²) in [6.45, 7) is 8.31. The largest absolute Gasteiger partial charge is 0.326 e. The number of hydrogen-bond acceptors (Lipinski definition) is 3. The van der Waals surface area contributed by atoms with Crippen LogP contribution in [0.1, 0.15) is 25.0 Å². The Hall–Kier alpha value is -0.900. The molecular weight excluding hydrogens is 222 g/mol. The lowest BCUT2D eigenvalue weighted by atomic mass is 10.1. The fourth-order valence-corrected chi connectivity index (χ4v) is 2.24. The Morgan fingerprint density at radius 1 is 1.11 bits per heavy atom. The smallest absolute Gasteiger partial charge is 0.0236 e. The maximum absolute atomic E-state index is 5.61. The van der Waals surface area contributed by atoms with E-state index in [9.17, 15) is 0 Å². The van der Waals surface area contributed by atoms with Gasteiger partial charge in [-0.05, 0) is 38.7 Å². The predicted molar refractivity (Wildman–Crippen MR) is 78.4 cm³/mol. The van der Waals surface area contributed by atoms with Gasteiger partial charge in [0.25, 0.3) is 0 Å². The molecule has 0 saturated carbocycles. The van der Waals surface area contributed by atoms with Crippen molar-refractivity contribution in [1.29, 1.82) is 0 Å². The van der Waals surface area contributed by atoms with E-state index in [1.807, 2.05) is 0 Å². The quantitative estimate of drug-likeness (QED) is 0.801.